The van der Waals surface area contributed by atoms with Gasteiger partial charge in [0, 0.05) is 6.54 Å². The Balaban J connectivity index is 1.63. The first kappa shape index (κ1) is 20.6. The van der Waals surface area contributed by atoms with Gasteiger partial charge in [0.25, 0.3) is 5.91 Å². The first-order valence-corrected chi connectivity index (χ1v) is 10.3. The molecule has 0 aliphatic rings. The summed E-state index contributed by atoms with van der Waals surface area (Å²) in [5.74, 6) is -0.276. The maximum atomic E-state index is 12.8. The van der Waals surface area contributed by atoms with Crippen LogP contribution in [-0.4, -0.2) is 32.3 Å². The molecular weight excluding hydrogens is 386 g/mol. The van der Waals surface area contributed by atoms with Crippen molar-refractivity contribution in [3.05, 3.63) is 72.1 Å². The number of nitrogens with one attached hydrogen (secondary N) is 2. The lowest BCUT2D eigenvalue weighted by Crippen LogP contribution is -2.28. The maximum Gasteiger partial charge on any atom is 0.253 e. The van der Waals surface area contributed by atoms with Crippen LogP contribution in [-0.2, 0) is 11.3 Å². The first-order chi connectivity index (χ1) is 14.1. The summed E-state index contributed by atoms with van der Waals surface area (Å²) in [6, 6.07) is 16.6. The fourth-order valence-corrected chi connectivity index (χ4v) is 3.56. The van der Waals surface area contributed by atoms with Gasteiger partial charge in [-0.25, -0.2) is 0 Å². The maximum absolute atomic E-state index is 12.8. The van der Waals surface area contributed by atoms with Crippen LogP contribution in [0.5, 0.6) is 0 Å². The van der Waals surface area contributed by atoms with Crippen LogP contribution in [0.3, 0.4) is 0 Å². The largest absolute Gasteiger partial charge is 0.345 e. The van der Waals surface area contributed by atoms with Gasteiger partial charge in [0.05, 0.1) is 23.0 Å². The average Bonchev–Trinajstić information content (AvgIpc) is 3.21. The molecule has 0 spiro atoms. The minimum Gasteiger partial charge on any atom is -0.345 e. The number of carbonyl (C=O) groups is 2. The van der Waals surface area contributed by atoms with Crippen LogP contribution in [0.15, 0.2) is 66.1 Å². The molecule has 2 amide bonds. The van der Waals surface area contributed by atoms with Gasteiger partial charge in [-0.05, 0) is 31.5 Å². The van der Waals surface area contributed by atoms with Crippen molar-refractivity contribution >= 4 is 29.3 Å². The molecule has 0 radical (unpaired) electrons. The van der Waals surface area contributed by atoms with Crippen LogP contribution in [0.1, 0.15) is 35.8 Å². The summed E-state index contributed by atoms with van der Waals surface area (Å²) in [5, 5.41) is 14.3. The highest BCUT2D eigenvalue weighted by Gasteiger charge is 2.16. The Kier molecular flexibility index (Phi) is 7.02. The Morgan fingerprint density at radius 2 is 1.83 bits per heavy atom. The van der Waals surface area contributed by atoms with Gasteiger partial charge in [0.15, 0.2) is 5.16 Å². The lowest BCUT2D eigenvalue weighted by molar-refractivity contribution is -0.113. The third-order valence-electron chi connectivity index (χ3n) is 4.35. The Bertz CT molecular complexity index is 974. The third kappa shape index (κ3) is 5.45. The van der Waals surface area contributed by atoms with Gasteiger partial charge in [-0.1, -0.05) is 54.2 Å². The quantitative estimate of drug-likeness (QED) is 0.556. The zero-order valence-corrected chi connectivity index (χ0v) is 17.1. The van der Waals surface area contributed by atoms with Crippen LogP contribution in [0.25, 0.3) is 0 Å². The van der Waals surface area contributed by atoms with Gasteiger partial charge in [-0.2, -0.15) is 0 Å². The molecule has 1 heterocycles. The van der Waals surface area contributed by atoms with E-state index in [9.17, 15) is 9.59 Å². The van der Waals surface area contributed by atoms with Crippen molar-refractivity contribution in [2.45, 2.75) is 31.6 Å². The number of aromatic nitrogens is 3. The van der Waals surface area contributed by atoms with E-state index in [2.05, 4.69) is 20.8 Å². The van der Waals surface area contributed by atoms with E-state index in [1.807, 2.05) is 48.7 Å². The minimum absolute atomic E-state index is 0.150. The summed E-state index contributed by atoms with van der Waals surface area (Å²) in [6.07, 6.45) is 1.63. The number of amides is 2. The van der Waals surface area contributed by atoms with Crippen molar-refractivity contribution in [2.24, 2.45) is 0 Å². The molecule has 0 aliphatic heterocycles. The van der Waals surface area contributed by atoms with E-state index >= 15 is 0 Å². The molecule has 1 atom stereocenters. The molecule has 0 bridgehead atoms. The standard InChI is InChI=1S/C21H23N5O2S/c1-3-26-14-22-25-21(26)29-13-19(27)24-18-12-8-7-11-17(18)20(28)23-15(2)16-9-5-4-6-10-16/h4-12,14-15H,3,13H2,1-2H3,(H,23,28)(H,24,27)/t15-/m1/s1. The Hall–Kier alpha value is -3.13. The van der Waals surface area contributed by atoms with E-state index in [0.717, 1.165) is 12.1 Å². The highest BCUT2D eigenvalue weighted by Crippen LogP contribution is 2.19. The lowest BCUT2D eigenvalue weighted by atomic mass is 10.1. The molecule has 29 heavy (non-hydrogen) atoms. The SMILES string of the molecule is CCn1cnnc1SCC(=O)Nc1ccccc1C(=O)N[C@H](C)c1ccccc1. The number of nitrogens with zero attached hydrogens (tertiary/aromatic N) is 3. The second-order valence-corrected chi connectivity index (χ2v) is 7.33. The van der Waals surface area contributed by atoms with Crippen molar-refractivity contribution in [1.29, 1.82) is 0 Å². The van der Waals surface area contributed by atoms with Gasteiger partial charge >= 0.3 is 0 Å². The topological polar surface area (TPSA) is 88.9 Å². The van der Waals surface area contributed by atoms with Crippen LogP contribution in [0.2, 0.25) is 0 Å². The normalized spacial score (nSPS) is 11.7. The van der Waals surface area contributed by atoms with Crippen molar-refractivity contribution in [2.75, 3.05) is 11.1 Å². The number of carbonyl (C=O) groups excluding carboxylic acids is 2. The molecule has 0 fully saturated rings. The van der Waals surface area contributed by atoms with Gasteiger partial charge < -0.3 is 15.2 Å². The third-order valence-corrected chi connectivity index (χ3v) is 5.33. The number of anilines is 1. The highest BCUT2D eigenvalue weighted by atomic mass is 32.2. The van der Waals surface area contributed by atoms with E-state index in [0.29, 0.717) is 16.4 Å². The molecule has 150 valence electrons. The second kappa shape index (κ2) is 9.88. The monoisotopic (exact) mass is 409 g/mol. The molecule has 3 aromatic rings. The molecular formula is C21H23N5O2S. The molecule has 0 saturated carbocycles. The van der Waals surface area contributed by atoms with Crippen molar-refractivity contribution in [3.8, 4) is 0 Å². The molecule has 1 aromatic heterocycles. The highest BCUT2D eigenvalue weighted by molar-refractivity contribution is 7.99. The fourth-order valence-electron chi connectivity index (χ4n) is 2.78. The lowest BCUT2D eigenvalue weighted by Gasteiger charge is -2.16. The number of hydrogen-bond donors (Lipinski definition) is 2. The summed E-state index contributed by atoms with van der Waals surface area (Å²) in [4.78, 5) is 25.2. The number of benzene rings is 2. The average molecular weight is 410 g/mol. The van der Waals surface area contributed by atoms with E-state index in [-0.39, 0.29) is 23.6 Å². The van der Waals surface area contributed by atoms with Crippen molar-refractivity contribution < 1.29 is 9.59 Å². The van der Waals surface area contributed by atoms with Gasteiger partial charge in [-0.3, -0.25) is 9.59 Å². The molecule has 0 saturated heterocycles. The Labute approximate surface area is 173 Å². The zero-order chi connectivity index (χ0) is 20.6. The summed E-state index contributed by atoms with van der Waals surface area (Å²) in [7, 11) is 0. The molecule has 8 heteroatoms. The van der Waals surface area contributed by atoms with Crippen molar-refractivity contribution in [3.63, 3.8) is 0 Å². The zero-order valence-electron chi connectivity index (χ0n) is 16.3. The summed E-state index contributed by atoms with van der Waals surface area (Å²) in [6.45, 7) is 4.65. The summed E-state index contributed by atoms with van der Waals surface area (Å²) >= 11 is 1.30. The van der Waals surface area contributed by atoms with E-state index < -0.39 is 0 Å². The van der Waals surface area contributed by atoms with Gasteiger partial charge in [0.1, 0.15) is 6.33 Å². The Morgan fingerprint density at radius 3 is 2.59 bits per heavy atom. The predicted octanol–water partition coefficient (Wildman–Crippen LogP) is 3.52. The molecule has 0 unspecified atom stereocenters. The molecule has 7 nitrogen and oxygen atoms in total. The predicted molar refractivity (Wildman–Crippen MR) is 114 cm³/mol. The summed E-state index contributed by atoms with van der Waals surface area (Å²) < 4.78 is 1.87. The number of rotatable bonds is 8. The van der Waals surface area contributed by atoms with E-state index in [1.54, 1.807) is 30.6 Å². The molecule has 2 N–H and O–H groups in total. The minimum atomic E-state index is -0.240. The number of hydrogen-bond acceptors (Lipinski definition) is 5. The van der Waals surface area contributed by atoms with Gasteiger partial charge in [-0.15, -0.1) is 10.2 Å². The smallest absolute Gasteiger partial charge is 0.253 e. The summed E-state index contributed by atoms with van der Waals surface area (Å²) in [5.41, 5.74) is 1.91. The van der Waals surface area contributed by atoms with Crippen molar-refractivity contribution in [1.82, 2.24) is 20.1 Å². The van der Waals surface area contributed by atoms with Gasteiger partial charge in [0.2, 0.25) is 5.91 Å². The Morgan fingerprint density at radius 1 is 1.10 bits per heavy atom. The number of aryl methyl sites for hydroxylation is 1. The molecule has 0 aliphatic carbocycles. The molecule has 2 aromatic carbocycles. The first-order valence-electron chi connectivity index (χ1n) is 9.33. The number of thioether (sulfide) groups is 1. The number of para-hydroxylation sites is 1. The molecule has 3 rings (SSSR count). The van der Waals surface area contributed by atoms with E-state index in [1.165, 1.54) is 11.8 Å². The second-order valence-electron chi connectivity index (χ2n) is 6.39. The van der Waals surface area contributed by atoms with Crippen LogP contribution in [0, 0.1) is 0 Å². The van der Waals surface area contributed by atoms with Crippen LogP contribution >= 0.6 is 11.8 Å². The van der Waals surface area contributed by atoms with Crippen LogP contribution in [0.4, 0.5) is 5.69 Å². The fraction of sp³-hybridized carbons (Fsp3) is 0.238. The van der Waals surface area contributed by atoms with Crippen LogP contribution < -0.4 is 10.6 Å². The van der Waals surface area contributed by atoms with E-state index in [4.69, 9.17) is 0 Å².